The molecule has 1 fully saturated rings. The maximum atomic E-state index is 13.4. The Balaban J connectivity index is 2.71. The maximum Gasteiger partial charge on any atom is 0.309 e. The number of carboxylic acids is 1. The minimum absolute atomic E-state index is 0.368. The summed E-state index contributed by atoms with van der Waals surface area (Å²) in [4.78, 5) is 10.2. The van der Waals surface area contributed by atoms with Crippen molar-refractivity contribution in [2.75, 3.05) is 0 Å². The van der Waals surface area contributed by atoms with Crippen molar-refractivity contribution in [3.05, 3.63) is 0 Å². The summed E-state index contributed by atoms with van der Waals surface area (Å²) >= 11 is 0. The topological polar surface area (TPSA) is 37.3 Å². The van der Waals surface area contributed by atoms with Gasteiger partial charge in [-0.2, -0.15) is 0 Å². The number of halogens is 2. The SMILES string of the molecule is CCC1(C(F)(F)CC(=O)O)CCC1. The fourth-order valence-corrected chi connectivity index (χ4v) is 1.96. The molecule has 1 saturated carbocycles. The van der Waals surface area contributed by atoms with E-state index < -0.39 is 23.7 Å². The molecule has 1 aliphatic carbocycles. The van der Waals surface area contributed by atoms with Gasteiger partial charge in [-0.15, -0.1) is 0 Å². The lowest BCUT2D eigenvalue weighted by atomic mass is 9.62. The normalized spacial score (nSPS) is 20.8. The summed E-state index contributed by atoms with van der Waals surface area (Å²) in [6, 6.07) is 0. The maximum absolute atomic E-state index is 13.4. The van der Waals surface area contributed by atoms with Gasteiger partial charge in [0.25, 0.3) is 5.92 Å². The van der Waals surface area contributed by atoms with E-state index in [1.54, 1.807) is 6.92 Å². The first kappa shape index (κ1) is 10.4. The highest BCUT2D eigenvalue weighted by Gasteiger charge is 2.56. The van der Waals surface area contributed by atoms with E-state index in [0.717, 1.165) is 6.42 Å². The molecule has 1 aliphatic rings. The number of rotatable bonds is 4. The third kappa shape index (κ3) is 1.67. The van der Waals surface area contributed by atoms with Crippen LogP contribution in [0.3, 0.4) is 0 Å². The summed E-state index contributed by atoms with van der Waals surface area (Å²) in [6.07, 6.45) is 1.06. The van der Waals surface area contributed by atoms with Crippen LogP contribution in [-0.2, 0) is 4.79 Å². The zero-order valence-electron chi connectivity index (χ0n) is 7.65. The standard InChI is InChI=1S/C9H14F2O2/c1-2-8(4-3-5-8)9(10,11)6-7(12)13/h2-6H2,1H3,(H,12,13). The van der Waals surface area contributed by atoms with Gasteiger partial charge in [-0.3, -0.25) is 4.79 Å². The van der Waals surface area contributed by atoms with E-state index in [-0.39, 0.29) is 0 Å². The quantitative estimate of drug-likeness (QED) is 0.743. The Morgan fingerprint density at radius 2 is 2.08 bits per heavy atom. The van der Waals surface area contributed by atoms with Crippen molar-refractivity contribution in [3.8, 4) is 0 Å². The Morgan fingerprint density at radius 1 is 1.54 bits per heavy atom. The first-order chi connectivity index (χ1) is 5.93. The van der Waals surface area contributed by atoms with Crippen LogP contribution >= 0.6 is 0 Å². The molecular formula is C9H14F2O2. The van der Waals surface area contributed by atoms with Crippen LogP contribution in [0.1, 0.15) is 39.0 Å². The molecule has 4 heteroatoms. The third-order valence-electron chi connectivity index (χ3n) is 3.14. The van der Waals surface area contributed by atoms with Crippen LogP contribution in [0.2, 0.25) is 0 Å². The van der Waals surface area contributed by atoms with E-state index in [1.807, 2.05) is 0 Å². The second kappa shape index (κ2) is 3.24. The van der Waals surface area contributed by atoms with Gasteiger partial charge in [0.2, 0.25) is 0 Å². The molecule has 76 valence electrons. The molecule has 0 atom stereocenters. The molecule has 0 bridgehead atoms. The van der Waals surface area contributed by atoms with Crippen LogP contribution in [0, 0.1) is 5.41 Å². The summed E-state index contributed by atoms with van der Waals surface area (Å²) < 4.78 is 26.8. The molecule has 0 aliphatic heterocycles. The molecule has 0 radical (unpaired) electrons. The fraction of sp³-hybridized carbons (Fsp3) is 0.889. The number of carbonyl (C=O) groups is 1. The predicted octanol–water partition coefficient (Wildman–Crippen LogP) is 2.68. The fourth-order valence-electron chi connectivity index (χ4n) is 1.96. The minimum Gasteiger partial charge on any atom is -0.481 e. The summed E-state index contributed by atoms with van der Waals surface area (Å²) in [6.45, 7) is 1.70. The van der Waals surface area contributed by atoms with E-state index in [4.69, 9.17) is 5.11 Å². The van der Waals surface area contributed by atoms with Crippen LogP contribution in [0.15, 0.2) is 0 Å². The van der Waals surface area contributed by atoms with Gasteiger partial charge >= 0.3 is 5.97 Å². The van der Waals surface area contributed by atoms with E-state index in [2.05, 4.69) is 0 Å². The predicted molar refractivity (Wildman–Crippen MR) is 43.8 cm³/mol. The van der Waals surface area contributed by atoms with Gasteiger partial charge in [0.05, 0.1) is 0 Å². The Bertz CT molecular complexity index is 204. The Hall–Kier alpha value is -0.670. The van der Waals surface area contributed by atoms with E-state index in [9.17, 15) is 13.6 Å². The zero-order chi connectivity index (χ0) is 10.1. The molecular weight excluding hydrogens is 178 g/mol. The molecule has 0 heterocycles. The van der Waals surface area contributed by atoms with Crippen molar-refractivity contribution >= 4 is 5.97 Å². The lowest BCUT2D eigenvalue weighted by Crippen LogP contribution is -2.47. The van der Waals surface area contributed by atoms with Gasteiger partial charge < -0.3 is 5.11 Å². The van der Waals surface area contributed by atoms with Gasteiger partial charge in [0.1, 0.15) is 6.42 Å². The monoisotopic (exact) mass is 192 g/mol. The molecule has 0 spiro atoms. The minimum atomic E-state index is -3.04. The van der Waals surface area contributed by atoms with Crippen LogP contribution in [0.25, 0.3) is 0 Å². The summed E-state index contributed by atoms with van der Waals surface area (Å²) in [5.41, 5.74) is -1.02. The second-order valence-corrected chi connectivity index (χ2v) is 3.76. The Kier molecular flexibility index (Phi) is 2.59. The Labute approximate surface area is 75.9 Å². The third-order valence-corrected chi connectivity index (χ3v) is 3.14. The highest BCUT2D eigenvalue weighted by Crippen LogP contribution is 2.55. The van der Waals surface area contributed by atoms with Crippen molar-refractivity contribution in [2.24, 2.45) is 5.41 Å². The number of carboxylic acid groups (broad SMARTS) is 1. The molecule has 0 unspecified atom stereocenters. The molecule has 0 aromatic carbocycles. The highest BCUT2D eigenvalue weighted by atomic mass is 19.3. The summed E-state index contributed by atoms with van der Waals surface area (Å²) in [7, 11) is 0. The molecule has 1 N–H and O–H groups in total. The molecule has 0 saturated heterocycles. The van der Waals surface area contributed by atoms with Crippen LogP contribution in [-0.4, -0.2) is 17.0 Å². The largest absolute Gasteiger partial charge is 0.481 e. The Morgan fingerprint density at radius 3 is 2.31 bits per heavy atom. The van der Waals surface area contributed by atoms with Gasteiger partial charge in [-0.1, -0.05) is 13.3 Å². The van der Waals surface area contributed by atoms with Crippen molar-refractivity contribution < 1.29 is 18.7 Å². The summed E-state index contributed by atoms with van der Waals surface area (Å²) in [5, 5.41) is 8.35. The van der Waals surface area contributed by atoms with E-state index in [1.165, 1.54) is 0 Å². The zero-order valence-corrected chi connectivity index (χ0v) is 7.65. The van der Waals surface area contributed by atoms with Crippen LogP contribution in [0.5, 0.6) is 0 Å². The van der Waals surface area contributed by atoms with E-state index in [0.29, 0.717) is 19.3 Å². The smallest absolute Gasteiger partial charge is 0.309 e. The number of alkyl halides is 2. The van der Waals surface area contributed by atoms with E-state index >= 15 is 0 Å². The highest BCUT2D eigenvalue weighted by molar-refractivity contribution is 5.68. The molecule has 0 aromatic rings. The van der Waals surface area contributed by atoms with Crippen molar-refractivity contribution in [2.45, 2.75) is 45.0 Å². The molecule has 0 amide bonds. The average Bonchev–Trinajstić information content (AvgIpc) is 1.80. The molecule has 1 rings (SSSR count). The lowest BCUT2D eigenvalue weighted by Gasteiger charge is -2.46. The van der Waals surface area contributed by atoms with Crippen LogP contribution in [0.4, 0.5) is 8.78 Å². The van der Waals surface area contributed by atoms with Gasteiger partial charge in [0.15, 0.2) is 0 Å². The van der Waals surface area contributed by atoms with Crippen molar-refractivity contribution in [1.29, 1.82) is 0 Å². The van der Waals surface area contributed by atoms with Crippen LogP contribution < -0.4 is 0 Å². The van der Waals surface area contributed by atoms with Gasteiger partial charge in [-0.05, 0) is 19.3 Å². The summed E-state index contributed by atoms with van der Waals surface area (Å²) in [5.74, 6) is -4.45. The molecule has 0 aromatic heterocycles. The number of aliphatic carboxylic acids is 1. The average molecular weight is 192 g/mol. The van der Waals surface area contributed by atoms with Crippen molar-refractivity contribution in [1.82, 2.24) is 0 Å². The first-order valence-electron chi connectivity index (χ1n) is 4.53. The number of hydrogen-bond acceptors (Lipinski definition) is 1. The first-order valence-corrected chi connectivity index (χ1v) is 4.53. The van der Waals surface area contributed by atoms with Crippen molar-refractivity contribution in [3.63, 3.8) is 0 Å². The number of hydrogen-bond donors (Lipinski definition) is 1. The van der Waals surface area contributed by atoms with Gasteiger partial charge in [-0.25, -0.2) is 8.78 Å². The lowest BCUT2D eigenvalue weighted by molar-refractivity contribution is -0.181. The molecule has 2 nitrogen and oxygen atoms in total. The van der Waals surface area contributed by atoms with Gasteiger partial charge in [0, 0.05) is 5.41 Å². The molecule has 13 heavy (non-hydrogen) atoms. The second-order valence-electron chi connectivity index (χ2n) is 3.76.